The fraction of sp³-hybridized carbons (Fsp3) is 0.545. The van der Waals surface area contributed by atoms with Gasteiger partial charge in [-0.25, -0.2) is 15.0 Å². The molecule has 0 aromatic carbocycles. The third kappa shape index (κ3) is 2.81. The van der Waals surface area contributed by atoms with Gasteiger partial charge in [0, 0.05) is 0 Å². The van der Waals surface area contributed by atoms with Crippen molar-refractivity contribution in [1.29, 1.82) is 0 Å². The number of nitrogen functional groups attached to an aromatic ring is 1. The summed E-state index contributed by atoms with van der Waals surface area (Å²) in [6, 6.07) is 0. The molecule has 0 radical (unpaired) electrons. The summed E-state index contributed by atoms with van der Waals surface area (Å²) in [5.74, 6) is 0.0410. The van der Waals surface area contributed by atoms with Crippen molar-refractivity contribution in [2.45, 2.75) is 30.9 Å². The molecular formula is C11H12F3N5O4. The number of halogens is 3. The highest BCUT2D eigenvalue weighted by Gasteiger charge is 2.50. The quantitative estimate of drug-likeness (QED) is 0.689. The zero-order valence-corrected chi connectivity index (χ0v) is 11.4. The van der Waals surface area contributed by atoms with Crippen molar-refractivity contribution in [2.24, 2.45) is 0 Å². The summed E-state index contributed by atoms with van der Waals surface area (Å²) in [4.78, 5) is 11.5. The number of alkyl halides is 3. The average Bonchev–Trinajstić information content (AvgIpc) is 3.01. The number of fused-ring (bicyclic) bond motifs is 1. The molecule has 1 unspecified atom stereocenters. The monoisotopic (exact) mass is 335 g/mol. The molecule has 2 aromatic heterocycles. The maximum Gasteiger partial charge on any atom is 0.523 e. The summed E-state index contributed by atoms with van der Waals surface area (Å²) in [5.41, 5.74) is 5.90. The highest BCUT2D eigenvalue weighted by atomic mass is 19.4. The number of aliphatic hydroxyl groups is 2. The van der Waals surface area contributed by atoms with Crippen LogP contribution in [0.3, 0.4) is 0 Å². The molecule has 1 aliphatic rings. The lowest BCUT2D eigenvalue weighted by Crippen LogP contribution is -2.39. The zero-order chi connectivity index (χ0) is 16.8. The van der Waals surface area contributed by atoms with E-state index in [0.29, 0.717) is 0 Å². The largest absolute Gasteiger partial charge is 0.523 e. The minimum atomic E-state index is -5.00. The lowest BCUT2D eigenvalue weighted by molar-refractivity contribution is -0.355. The molecule has 23 heavy (non-hydrogen) atoms. The van der Waals surface area contributed by atoms with Gasteiger partial charge in [-0.1, -0.05) is 0 Å². The van der Waals surface area contributed by atoms with Crippen LogP contribution in [0.25, 0.3) is 11.2 Å². The molecular weight excluding hydrogens is 323 g/mol. The predicted octanol–water partition coefficient (Wildman–Crippen LogP) is -0.436. The minimum absolute atomic E-state index is 0.0410. The Hall–Kier alpha value is -2.02. The van der Waals surface area contributed by atoms with Crippen LogP contribution in [-0.2, 0) is 9.47 Å². The highest BCUT2D eigenvalue weighted by Crippen LogP contribution is 2.37. The fourth-order valence-corrected chi connectivity index (χ4v) is 2.43. The van der Waals surface area contributed by atoms with Crippen LogP contribution in [0, 0.1) is 0 Å². The highest BCUT2D eigenvalue weighted by molar-refractivity contribution is 5.81. The molecule has 0 bridgehead atoms. The second-order valence-corrected chi connectivity index (χ2v) is 4.85. The first-order valence-corrected chi connectivity index (χ1v) is 6.43. The van der Waals surface area contributed by atoms with E-state index in [-0.39, 0.29) is 17.0 Å². The number of anilines is 1. The molecule has 4 atom stereocenters. The number of ether oxygens (including phenoxy) is 2. The molecule has 1 fully saturated rings. The normalized spacial score (nSPS) is 28.6. The maximum atomic E-state index is 12.6. The summed E-state index contributed by atoms with van der Waals surface area (Å²) < 4.78 is 48.1. The Morgan fingerprint density at radius 3 is 2.74 bits per heavy atom. The molecule has 0 amide bonds. The number of nitrogens with zero attached hydrogens (tertiary/aromatic N) is 4. The molecule has 126 valence electrons. The summed E-state index contributed by atoms with van der Waals surface area (Å²) in [5, 5.41) is 19.0. The fourth-order valence-electron chi connectivity index (χ4n) is 2.43. The summed E-state index contributed by atoms with van der Waals surface area (Å²) >= 11 is 0. The summed E-state index contributed by atoms with van der Waals surface area (Å²) in [7, 11) is 0. The van der Waals surface area contributed by atoms with Crippen LogP contribution in [0.15, 0.2) is 12.7 Å². The molecule has 3 rings (SSSR count). The van der Waals surface area contributed by atoms with Crippen molar-refractivity contribution in [3.05, 3.63) is 12.7 Å². The number of imidazole rings is 1. The molecule has 12 heteroatoms. The molecule has 0 aliphatic carbocycles. The van der Waals surface area contributed by atoms with Crippen molar-refractivity contribution >= 4 is 17.0 Å². The van der Waals surface area contributed by atoms with Gasteiger partial charge < -0.3 is 20.7 Å². The predicted molar refractivity (Wildman–Crippen MR) is 67.7 cm³/mol. The molecule has 4 N–H and O–H groups in total. The van der Waals surface area contributed by atoms with Crippen molar-refractivity contribution in [3.63, 3.8) is 0 Å². The van der Waals surface area contributed by atoms with Crippen LogP contribution < -0.4 is 5.73 Å². The Morgan fingerprint density at radius 1 is 1.35 bits per heavy atom. The SMILES string of the molecule is Nc1ncnc2c1ncn2[C@@H]1O[C@H](CO)[C@H](O)C1OC(F)(F)F. The number of rotatable bonds is 3. The summed E-state index contributed by atoms with van der Waals surface area (Å²) in [6.07, 6.45) is -8.87. The molecule has 9 nitrogen and oxygen atoms in total. The van der Waals surface area contributed by atoms with E-state index in [9.17, 15) is 18.3 Å². The number of nitrogens with two attached hydrogens (primary N) is 1. The number of hydrogen-bond donors (Lipinski definition) is 3. The van der Waals surface area contributed by atoms with Gasteiger partial charge in [0.1, 0.15) is 30.2 Å². The number of aliphatic hydroxyl groups excluding tert-OH is 2. The Balaban J connectivity index is 2.02. The second-order valence-electron chi connectivity index (χ2n) is 4.85. The van der Waals surface area contributed by atoms with Crippen molar-refractivity contribution in [2.75, 3.05) is 12.3 Å². The van der Waals surface area contributed by atoms with Crippen LogP contribution in [-0.4, -0.2) is 61.0 Å². The topological polar surface area (TPSA) is 129 Å². The van der Waals surface area contributed by atoms with E-state index in [1.54, 1.807) is 0 Å². The third-order valence-electron chi connectivity index (χ3n) is 3.42. The average molecular weight is 335 g/mol. The lowest BCUT2D eigenvalue weighted by atomic mass is 10.1. The molecule has 0 spiro atoms. The Kier molecular flexibility index (Phi) is 3.83. The van der Waals surface area contributed by atoms with E-state index in [0.717, 1.165) is 17.2 Å². The molecule has 2 aromatic rings. The van der Waals surface area contributed by atoms with E-state index >= 15 is 0 Å². The van der Waals surface area contributed by atoms with Gasteiger partial charge in [0.15, 0.2) is 17.7 Å². The second kappa shape index (κ2) is 5.56. The van der Waals surface area contributed by atoms with Gasteiger partial charge in [-0.05, 0) is 0 Å². The van der Waals surface area contributed by atoms with E-state index < -0.39 is 37.5 Å². The first-order chi connectivity index (χ1) is 10.8. The first-order valence-electron chi connectivity index (χ1n) is 6.43. The Morgan fingerprint density at radius 2 is 2.09 bits per heavy atom. The van der Waals surface area contributed by atoms with E-state index in [4.69, 9.17) is 15.6 Å². The van der Waals surface area contributed by atoms with Gasteiger partial charge in [-0.3, -0.25) is 9.30 Å². The van der Waals surface area contributed by atoms with Crippen LogP contribution in [0.5, 0.6) is 0 Å². The van der Waals surface area contributed by atoms with Gasteiger partial charge in [-0.2, -0.15) is 0 Å². The third-order valence-corrected chi connectivity index (χ3v) is 3.42. The molecule has 1 aliphatic heterocycles. The van der Waals surface area contributed by atoms with E-state index in [2.05, 4.69) is 19.7 Å². The molecule has 0 saturated carbocycles. The van der Waals surface area contributed by atoms with Crippen molar-refractivity contribution in [3.8, 4) is 0 Å². The Labute approximate surface area is 126 Å². The standard InChI is InChI=1S/C11H12F3N5O4/c12-11(13,14)23-7-6(21)4(1-20)22-10(7)19-3-18-5-8(15)16-2-17-9(5)19/h2-4,6-7,10,20-21H,1H2,(H2,15,16,17)/t4-,6+,7?,10-/m1/s1. The van der Waals surface area contributed by atoms with Gasteiger partial charge in [0.05, 0.1) is 12.9 Å². The summed E-state index contributed by atoms with van der Waals surface area (Å²) in [6.45, 7) is -0.681. The van der Waals surface area contributed by atoms with E-state index in [1.807, 2.05) is 0 Å². The number of hydrogen-bond acceptors (Lipinski definition) is 8. The Bertz CT molecular complexity index is 709. The van der Waals surface area contributed by atoms with Crippen LogP contribution in [0.2, 0.25) is 0 Å². The van der Waals surface area contributed by atoms with Crippen LogP contribution >= 0.6 is 0 Å². The maximum absolute atomic E-state index is 12.6. The minimum Gasteiger partial charge on any atom is -0.394 e. The van der Waals surface area contributed by atoms with Gasteiger partial charge in [0.2, 0.25) is 0 Å². The lowest BCUT2D eigenvalue weighted by Gasteiger charge is -2.22. The number of aromatic nitrogens is 4. The molecule has 1 saturated heterocycles. The van der Waals surface area contributed by atoms with Gasteiger partial charge in [-0.15, -0.1) is 13.2 Å². The van der Waals surface area contributed by atoms with E-state index in [1.165, 1.54) is 0 Å². The van der Waals surface area contributed by atoms with Crippen molar-refractivity contribution in [1.82, 2.24) is 19.5 Å². The van der Waals surface area contributed by atoms with Gasteiger partial charge in [0.25, 0.3) is 0 Å². The van der Waals surface area contributed by atoms with Crippen LogP contribution in [0.4, 0.5) is 19.0 Å². The van der Waals surface area contributed by atoms with Gasteiger partial charge >= 0.3 is 6.36 Å². The zero-order valence-electron chi connectivity index (χ0n) is 11.4. The van der Waals surface area contributed by atoms with Crippen molar-refractivity contribution < 1.29 is 32.9 Å². The first kappa shape index (κ1) is 15.9. The smallest absolute Gasteiger partial charge is 0.394 e. The van der Waals surface area contributed by atoms with Crippen LogP contribution in [0.1, 0.15) is 6.23 Å². The molecule has 3 heterocycles.